The number of carbonyl (C=O) groups is 12. The van der Waals surface area contributed by atoms with Gasteiger partial charge >= 0.3 is 71.6 Å². The lowest BCUT2D eigenvalue weighted by atomic mass is 9.97. The molecule has 3 aromatic rings. The lowest BCUT2D eigenvalue weighted by molar-refractivity contribution is -0.324. The number of phenolic OH excluding ortho intramolecular Hbond substituents is 4. The van der Waals surface area contributed by atoms with E-state index in [2.05, 4.69) is 0 Å². The van der Waals surface area contributed by atoms with Gasteiger partial charge in [-0.3, -0.25) is 62.3 Å². The van der Waals surface area contributed by atoms with E-state index in [9.17, 15) is 113 Å². The van der Waals surface area contributed by atoms with Crippen LogP contribution in [0.5, 0.6) is 28.7 Å². The largest absolute Gasteiger partial charge is 0.508 e. The summed E-state index contributed by atoms with van der Waals surface area (Å²) in [6, 6.07) is 4.22. The molecule has 34 heteroatoms. The van der Waals surface area contributed by atoms with E-state index in [1.54, 1.807) is 0 Å². The molecule has 0 unspecified atom stereocenters. The van der Waals surface area contributed by atoms with Gasteiger partial charge in [-0.2, -0.15) is 0 Å². The molecular weight excluding hydrogens is 1140 g/mol. The number of ether oxygens (including phenoxy) is 10. The Morgan fingerprint density at radius 2 is 0.905 bits per heavy atom. The molecule has 0 spiro atoms. The van der Waals surface area contributed by atoms with Gasteiger partial charge in [-0.15, -0.1) is 0 Å². The van der Waals surface area contributed by atoms with Crippen molar-refractivity contribution >= 4 is 82.6 Å². The third-order valence-electron chi connectivity index (χ3n) is 11.7. The zero-order valence-corrected chi connectivity index (χ0v) is 43.4. The van der Waals surface area contributed by atoms with E-state index in [0.717, 1.165) is 31.2 Å². The fourth-order valence-electron chi connectivity index (χ4n) is 7.99. The number of carboxylic acids is 6. The standard InChI is InChI=1S/C50H52O34/c1-19-41(78-33(67)9-4-27(55)56)45(79-34(68)10-5-28(57)58)47(81-36(70)12-7-30(61)62)49(75-19)74-18-26-43(83-38(72)17-32(65)66)46(80-35(69)11-6-29(59)60)48(82-37(71)13-8-31(63)64)50(77-26)84-44-40(73)39-24(54)15-21(51)16-25(39)76-42(44)20-2-3-22(52)23(53)14-20/h2-3,14-16,19,26,41,43,45-54H,4-13,17-18H2,1H3,(H,55,56)(H,57,58)(H,59,60)(H,61,62)(H,63,64)(H,65,66)/t19-,26+,41-,43+,45+,46-,47+,48+,49+,50-/m0/s1. The van der Waals surface area contributed by atoms with Crippen LogP contribution in [-0.4, -0.2) is 191 Å². The van der Waals surface area contributed by atoms with Gasteiger partial charge in [0.05, 0.1) is 76.9 Å². The first-order valence-corrected chi connectivity index (χ1v) is 24.6. The van der Waals surface area contributed by atoms with Crippen molar-refractivity contribution in [2.45, 2.75) is 139 Å². The zero-order chi connectivity index (χ0) is 62.3. The summed E-state index contributed by atoms with van der Waals surface area (Å²) in [4.78, 5) is 164. The van der Waals surface area contributed by atoms with Crippen LogP contribution in [0.4, 0.5) is 0 Å². The Bertz CT molecular complexity index is 3090. The number of hydrogen-bond donors (Lipinski definition) is 10. The van der Waals surface area contributed by atoms with Crippen molar-refractivity contribution in [1.82, 2.24) is 0 Å². The van der Waals surface area contributed by atoms with Gasteiger partial charge in [-0.05, 0) is 25.1 Å². The molecule has 84 heavy (non-hydrogen) atoms. The maximum absolute atomic E-state index is 14.6. The Labute approximate surface area is 468 Å². The number of hydrogen-bond acceptors (Lipinski definition) is 28. The number of carbonyl (C=O) groups excluding carboxylic acids is 6. The summed E-state index contributed by atoms with van der Waals surface area (Å²) < 4.78 is 63.1. The first-order valence-electron chi connectivity index (χ1n) is 24.6. The van der Waals surface area contributed by atoms with E-state index >= 15 is 0 Å². The van der Waals surface area contributed by atoms with Crippen LogP contribution in [0.2, 0.25) is 0 Å². The Balaban J connectivity index is 1.75. The highest BCUT2D eigenvalue weighted by molar-refractivity contribution is 5.90. The highest BCUT2D eigenvalue weighted by Crippen LogP contribution is 2.41. The molecule has 0 saturated carbocycles. The van der Waals surface area contributed by atoms with Gasteiger partial charge in [0.25, 0.3) is 0 Å². The molecule has 3 heterocycles. The summed E-state index contributed by atoms with van der Waals surface area (Å²) in [5.74, 6) is -23.5. The Kier molecular flexibility index (Phi) is 22.6. The van der Waals surface area contributed by atoms with Crippen LogP contribution in [0.3, 0.4) is 0 Å². The van der Waals surface area contributed by atoms with Crippen LogP contribution in [0.25, 0.3) is 22.3 Å². The monoisotopic (exact) mass is 1200 g/mol. The second kappa shape index (κ2) is 29.2. The predicted octanol–water partition coefficient (Wildman–Crippen LogP) is 0.417. The van der Waals surface area contributed by atoms with Crippen molar-refractivity contribution in [2.75, 3.05) is 6.61 Å². The molecular formula is C50H52O34. The van der Waals surface area contributed by atoms with Crippen molar-refractivity contribution in [3.05, 3.63) is 40.6 Å². The van der Waals surface area contributed by atoms with E-state index < -0.39 is 261 Å². The predicted molar refractivity (Wildman–Crippen MR) is 260 cm³/mol. The first-order chi connectivity index (χ1) is 39.5. The van der Waals surface area contributed by atoms with Crippen LogP contribution in [-0.2, 0) is 100 Å². The number of aliphatic carboxylic acids is 6. The molecule has 5 rings (SSSR count). The molecule has 10 N–H and O–H groups in total. The van der Waals surface area contributed by atoms with Gasteiger partial charge in [0.1, 0.15) is 35.0 Å². The number of phenols is 4. The minimum atomic E-state index is -2.59. The van der Waals surface area contributed by atoms with Crippen LogP contribution in [0.15, 0.2) is 39.5 Å². The first kappa shape index (κ1) is 65.0. The van der Waals surface area contributed by atoms with E-state index in [-0.39, 0.29) is 5.56 Å². The minimum absolute atomic E-state index is 0.360. The Morgan fingerprint density at radius 1 is 0.464 bits per heavy atom. The molecule has 10 atom stereocenters. The van der Waals surface area contributed by atoms with Crippen molar-refractivity contribution in [3.8, 4) is 40.1 Å². The molecule has 2 aromatic carbocycles. The molecule has 456 valence electrons. The molecule has 0 amide bonds. The number of esters is 6. The fraction of sp³-hybridized carbons (Fsp3) is 0.460. The maximum Gasteiger partial charge on any atom is 0.317 e. The summed E-state index contributed by atoms with van der Waals surface area (Å²) in [6.07, 6.45) is -33.3. The van der Waals surface area contributed by atoms with Gasteiger partial charge in [-0.25, -0.2) is 0 Å². The lowest BCUT2D eigenvalue weighted by Crippen LogP contribution is -2.65. The number of benzene rings is 2. The van der Waals surface area contributed by atoms with Crippen LogP contribution >= 0.6 is 0 Å². The van der Waals surface area contributed by atoms with Gasteiger partial charge in [0, 0.05) is 17.7 Å². The second-order valence-electron chi connectivity index (χ2n) is 18.1. The number of carboxylic acid groups (broad SMARTS) is 6. The third kappa shape index (κ3) is 18.3. The Hall–Kier alpha value is -9.83. The summed E-state index contributed by atoms with van der Waals surface area (Å²) in [5.41, 5.74) is -2.34. The third-order valence-corrected chi connectivity index (χ3v) is 11.7. The van der Waals surface area contributed by atoms with Gasteiger partial charge in [0.2, 0.25) is 23.6 Å². The molecule has 34 nitrogen and oxygen atoms in total. The quantitative estimate of drug-likeness (QED) is 0.0195. The smallest absolute Gasteiger partial charge is 0.317 e. The van der Waals surface area contributed by atoms with Crippen LogP contribution in [0, 0.1) is 0 Å². The minimum Gasteiger partial charge on any atom is -0.508 e. The molecule has 1 aromatic heterocycles. The molecule has 0 radical (unpaired) electrons. The summed E-state index contributed by atoms with van der Waals surface area (Å²) in [7, 11) is 0. The molecule has 2 aliphatic rings. The SMILES string of the molecule is C[C@@H]1O[C@@H](OC[C@H]2O[C@@H](Oc3c(-c4ccc(O)c(O)c4)oc4cc(O)cc(O)c4c3=O)[C@H](OC(=O)CCC(=O)O)[C@@H](OC(=O)CCC(=O)O)[C@@H]2OC(=O)CC(=O)O)[C@H](OC(=O)CCC(=O)O)[C@H](OC(=O)CCC(=O)O)[C@H]1OC(=O)CCC(=O)O. The van der Waals surface area contributed by atoms with Gasteiger partial charge in [-0.1, -0.05) is 0 Å². The average Bonchev–Trinajstić information content (AvgIpc) is 1.51. The summed E-state index contributed by atoms with van der Waals surface area (Å²) in [6.45, 7) is -0.179. The molecule has 0 bridgehead atoms. The van der Waals surface area contributed by atoms with Crippen molar-refractivity contribution < 1.29 is 160 Å². The number of aromatic hydroxyl groups is 4. The number of fused-ring (bicyclic) bond motifs is 1. The van der Waals surface area contributed by atoms with E-state index in [1.165, 1.54) is 0 Å². The molecule has 2 aliphatic heterocycles. The van der Waals surface area contributed by atoms with E-state index in [1.807, 2.05) is 0 Å². The van der Waals surface area contributed by atoms with Gasteiger partial charge in [0.15, 0.2) is 54.1 Å². The zero-order valence-electron chi connectivity index (χ0n) is 43.4. The van der Waals surface area contributed by atoms with E-state index in [0.29, 0.717) is 6.07 Å². The van der Waals surface area contributed by atoms with Crippen molar-refractivity contribution in [2.24, 2.45) is 0 Å². The highest BCUT2D eigenvalue weighted by Gasteiger charge is 2.56. The number of rotatable bonds is 29. The lowest BCUT2D eigenvalue weighted by Gasteiger charge is -2.46. The van der Waals surface area contributed by atoms with E-state index in [4.69, 9.17) is 51.8 Å². The molecule has 0 aliphatic carbocycles. The fourth-order valence-corrected chi connectivity index (χ4v) is 7.99. The summed E-state index contributed by atoms with van der Waals surface area (Å²) in [5, 5.41) is 97.4. The topological polar surface area (TPSA) is 530 Å². The Morgan fingerprint density at radius 3 is 1.37 bits per heavy atom. The van der Waals surface area contributed by atoms with Crippen LogP contribution in [0.1, 0.15) is 77.6 Å². The normalized spacial score (nSPS) is 21.8. The van der Waals surface area contributed by atoms with Crippen molar-refractivity contribution in [1.29, 1.82) is 0 Å². The summed E-state index contributed by atoms with van der Waals surface area (Å²) >= 11 is 0. The second-order valence-corrected chi connectivity index (χ2v) is 18.1. The van der Waals surface area contributed by atoms with Crippen molar-refractivity contribution in [3.63, 3.8) is 0 Å². The highest BCUT2D eigenvalue weighted by atomic mass is 16.8. The van der Waals surface area contributed by atoms with Gasteiger partial charge < -0.3 is 103 Å². The average molecular weight is 1200 g/mol. The van der Waals surface area contributed by atoms with Crippen LogP contribution < -0.4 is 10.2 Å². The molecule has 2 saturated heterocycles. The molecule has 2 fully saturated rings. The maximum atomic E-state index is 14.6.